The van der Waals surface area contributed by atoms with E-state index in [4.69, 9.17) is 0 Å². The number of hydrogen-bond acceptors (Lipinski definition) is 2. The lowest BCUT2D eigenvalue weighted by molar-refractivity contribution is -0.126. The van der Waals surface area contributed by atoms with Crippen molar-refractivity contribution in [2.24, 2.45) is 5.92 Å². The fourth-order valence-corrected chi connectivity index (χ4v) is 2.69. The summed E-state index contributed by atoms with van der Waals surface area (Å²) in [6.45, 7) is 0.542. The molecule has 0 spiro atoms. The van der Waals surface area contributed by atoms with Crippen LogP contribution in [-0.4, -0.2) is 18.4 Å². The van der Waals surface area contributed by atoms with Crippen LogP contribution >= 0.6 is 0 Å². The van der Waals surface area contributed by atoms with Crippen LogP contribution < -0.4 is 10.2 Å². The minimum atomic E-state index is -0.456. The number of anilines is 1. The molecule has 1 aliphatic rings. The molecule has 1 saturated heterocycles. The Hall–Kier alpha value is -2.76. The van der Waals surface area contributed by atoms with Gasteiger partial charge in [0, 0.05) is 25.2 Å². The van der Waals surface area contributed by atoms with E-state index in [1.807, 2.05) is 0 Å². The predicted octanol–water partition coefficient (Wildman–Crippen LogP) is 2.63. The number of hydrogen-bond donors (Lipinski definition) is 1. The third-order valence-electron chi connectivity index (χ3n) is 4.01. The van der Waals surface area contributed by atoms with E-state index in [1.54, 1.807) is 12.1 Å². The lowest BCUT2D eigenvalue weighted by Crippen LogP contribution is -2.32. The van der Waals surface area contributed by atoms with E-state index in [1.165, 1.54) is 41.3 Å². The Morgan fingerprint density at radius 1 is 1.04 bits per heavy atom. The highest BCUT2D eigenvalue weighted by Gasteiger charge is 2.34. The van der Waals surface area contributed by atoms with Crippen molar-refractivity contribution in [3.05, 3.63) is 65.7 Å². The second-order valence-corrected chi connectivity index (χ2v) is 5.73. The smallest absolute Gasteiger partial charge is 0.227 e. The number of benzene rings is 2. The summed E-state index contributed by atoms with van der Waals surface area (Å²) >= 11 is 0. The number of nitrogens with zero attached hydrogens (tertiary/aromatic N) is 1. The van der Waals surface area contributed by atoms with E-state index in [9.17, 15) is 18.4 Å². The molecular weight excluding hydrogens is 314 g/mol. The standard InChI is InChI=1S/C18H16F2N2O2/c19-14-3-1-12(2-4-14)10-21-18(24)13-9-17(23)22(11-13)16-7-5-15(20)6-8-16/h1-8,13H,9-11H2,(H,21,24)/t13-/m1/s1. The van der Waals surface area contributed by atoms with Crippen LogP contribution in [0.3, 0.4) is 0 Å². The number of rotatable bonds is 4. The summed E-state index contributed by atoms with van der Waals surface area (Å²) < 4.78 is 25.8. The summed E-state index contributed by atoms with van der Waals surface area (Å²) in [7, 11) is 0. The zero-order valence-corrected chi connectivity index (χ0v) is 12.8. The van der Waals surface area contributed by atoms with E-state index >= 15 is 0 Å². The van der Waals surface area contributed by atoms with Crippen LogP contribution in [0.2, 0.25) is 0 Å². The molecule has 3 rings (SSSR count). The first kappa shape index (κ1) is 16.1. The molecule has 4 nitrogen and oxygen atoms in total. The second-order valence-electron chi connectivity index (χ2n) is 5.73. The Morgan fingerprint density at radius 2 is 1.62 bits per heavy atom. The monoisotopic (exact) mass is 330 g/mol. The van der Waals surface area contributed by atoms with Gasteiger partial charge in [0.05, 0.1) is 5.92 Å². The molecular formula is C18H16F2N2O2. The molecule has 1 heterocycles. The highest BCUT2D eigenvalue weighted by atomic mass is 19.1. The average Bonchev–Trinajstić information content (AvgIpc) is 2.97. The van der Waals surface area contributed by atoms with Crippen LogP contribution in [0, 0.1) is 17.6 Å². The molecule has 0 saturated carbocycles. The van der Waals surface area contributed by atoms with Crippen molar-refractivity contribution in [2.75, 3.05) is 11.4 Å². The maximum atomic E-state index is 13.0. The molecule has 6 heteroatoms. The van der Waals surface area contributed by atoms with Gasteiger partial charge < -0.3 is 10.2 Å². The van der Waals surface area contributed by atoms with Gasteiger partial charge in [-0.25, -0.2) is 8.78 Å². The average molecular weight is 330 g/mol. The van der Waals surface area contributed by atoms with Gasteiger partial charge in [-0.3, -0.25) is 9.59 Å². The minimum Gasteiger partial charge on any atom is -0.352 e. The van der Waals surface area contributed by atoms with Crippen molar-refractivity contribution in [3.63, 3.8) is 0 Å². The molecule has 0 radical (unpaired) electrons. The van der Waals surface area contributed by atoms with Crippen molar-refractivity contribution < 1.29 is 18.4 Å². The molecule has 1 aliphatic heterocycles. The predicted molar refractivity (Wildman–Crippen MR) is 85.1 cm³/mol. The van der Waals surface area contributed by atoms with Crippen molar-refractivity contribution in [1.82, 2.24) is 5.32 Å². The quantitative estimate of drug-likeness (QED) is 0.937. The molecule has 24 heavy (non-hydrogen) atoms. The van der Waals surface area contributed by atoms with Crippen molar-refractivity contribution in [3.8, 4) is 0 Å². The lowest BCUT2D eigenvalue weighted by Gasteiger charge is -2.16. The highest BCUT2D eigenvalue weighted by molar-refractivity contribution is 6.00. The molecule has 1 N–H and O–H groups in total. The maximum absolute atomic E-state index is 13.0. The third-order valence-corrected chi connectivity index (χ3v) is 4.01. The number of halogens is 2. The van der Waals surface area contributed by atoms with E-state index in [0.29, 0.717) is 5.69 Å². The molecule has 2 amide bonds. The van der Waals surface area contributed by atoms with Crippen LogP contribution in [0.4, 0.5) is 14.5 Å². The molecule has 124 valence electrons. The van der Waals surface area contributed by atoms with Gasteiger partial charge in [0.15, 0.2) is 0 Å². The summed E-state index contributed by atoms with van der Waals surface area (Å²) in [5.74, 6) is -1.55. The first-order valence-corrected chi connectivity index (χ1v) is 7.61. The first-order chi connectivity index (χ1) is 11.5. The summed E-state index contributed by atoms with van der Waals surface area (Å²) in [5, 5.41) is 2.76. The zero-order chi connectivity index (χ0) is 17.1. The Bertz CT molecular complexity index is 745. The van der Waals surface area contributed by atoms with Gasteiger partial charge >= 0.3 is 0 Å². The maximum Gasteiger partial charge on any atom is 0.227 e. The molecule has 1 fully saturated rings. The molecule has 2 aromatic carbocycles. The van der Waals surface area contributed by atoms with Gasteiger partial charge in [0.25, 0.3) is 0 Å². The van der Waals surface area contributed by atoms with Gasteiger partial charge in [-0.1, -0.05) is 12.1 Å². The summed E-state index contributed by atoms with van der Waals surface area (Å²) in [6.07, 6.45) is 0.118. The van der Waals surface area contributed by atoms with Crippen LogP contribution in [0.25, 0.3) is 0 Å². The fraction of sp³-hybridized carbons (Fsp3) is 0.222. The number of nitrogens with one attached hydrogen (secondary N) is 1. The van der Waals surface area contributed by atoms with E-state index < -0.39 is 5.92 Å². The Balaban J connectivity index is 1.59. The summed E-state index contributed by atoms with van der Waals surface area (Å²) in [6, 6.07) is 11.5. The van der Waals surface area contributed by atoms with Crippen LogP contribution in [-0.2, 0) is 16.1 Å². The van der Waals surface area contributed by atoms with Crippen LogP contribution in [0.5, 0.6) is 0 Å². The van der Waals surface area contributed by atoms with Gasteiger partial charge in [0.2, 0.25) is 11.8 Å². The number of amides is 2. The minimum absolute atomic E-state index is 0.118. The van der Waals surface area contributed by atoms with Crippen LogP contribution in [0.1, 0.15) is 12.0 Å². The van der Waals surface area contributed by atoms with Crippen LogP contribution in [0.15, 0.2) is 48.5 Å². The van der Waals surface area contributed by atoms with Gasteiger partial charge in [-0.15, -0.1) is 0 Å². The SMILES string of the molecule is O=C(NCc1ccc(F)cc1)[C@@H]1CC(=O)N(c2ccc(F)cc2)C1. The van der Waals surface area contributed by atoms with E-state index in [-0.39, 0.29) is 43.0 Å². The lowest BCUT2D eigenvalue weighted by atomic mass is 10.1. The number of carbonyl (C=O) groups is 2. The molecule has 1 atom stereocenters. The van der Waals surface area contributed by atoms with E-state index in [2.05, 4.69) is 5.32 Å². The topological polar surface area (TPSA) is 49.4 Å². The first-order valence-electron chi connectivity index (χ1n) is 7.61. The summed E-state index contributed by atoms with van der Waals surface area (Å²) in [5.41, 5.74) is 1.36. The second kappa shape index (κ2) is 6.78. The zero-order valence-electron chi connectivity index (χ0n) is 12.8. The fourth-order valence-electron chi connectivity index (χ4n) is 2.69. The van der Waals surface area contributed by atoms with Crippen molar-refractivity contribution in [2.45, 2.75) is 13.0 Å². The van der Waals surface area contributed by atoms with Gasteiger partial charge in [0.1, 0.15) is 11.6 Å². The Morgan fingerprint density at radius 3 is 2.25 bits per heavy atom. The largest absolute Gasteiger partial charge is 0.352 e. The normalized spacial score (nSPS) is 17.2. The molecule has 0 aliphatic carbocycles. The molecule has 0 aromatic heterocycles. The van der Waals surface area contributed by atoms with Gasteiger partial charge in [-0.05, 0) is 42.0 Å². The third kappa shape index (κ3) is 3.59. The Kier molecular flexibility index (Phi) is 4.55. The van der Waals surface area contributed by atoms with Crippen molar-refractivity contribution in [1.29, 1.82) is 0 Å². The molecule has 0 unspecified atom stereocenters. The molecule has 0 bridgehead atoms. The summed E-state index contributed by atoms with van der Waals surface area (Å²) in [4.78, 5) is 25.8. The number of carbonyl (C=O) groups excluding carboxylic acids is 2. The van der Waals surface area contributed by atoms with Crippen molar-refractivity contribution >= 4 is 17.5 Å². The Labute approximate surface area is 138 Å². The van der Waals surface area contributed by atoms with E-state index in [0.717, 1.165) is 5.56 Å². The molecule has 2 aromatic rings. The van der Waals surface area contributed by atoms with Gasteiger partial charge in [-0.2, -0.15) is 0 Å². The highest BCUT2D eigenvalue weighted by Crippen LogP contribution is 2.25.